The molecule has 3 aromatic heterocycles. The Morgan fingerprint density at radius 3 is 2.76 bits per heavy atom. The molecule has 0 aliphatic carbocycles. The summed E-state index contributed by atoms with van der Waals surface area (Å²) in [4.78, 5) is 16.8. The van der Waals surface area contributed by atoms with Crippen LogP contribution >= 0.6 is 11.3 Å². The third kappa shape index (κ3) is 6.29. The molecule has 3 aromatic rings. The Morgan fingerprint density at radius 2 is 2.00 bits per heavy atom. The largest absolute Gasteiger partial charge is 0.382 e. The molecule has 8 heteroatoms. The molecule has 0 amide bonds. The number of nitrogen functional groups attached to an aromatic ring is 1. The summed E-state index contributed by atoms with van der Waals surface area (Å²) in [5.74, 6) is 6.69. The lowest BCUT2D eigenvalue weighted by Gasteiger charge is -2.27. The average Bonchev–Trinajstić information content (AvgIpc) is 3.28. The molecule has 4 rings (SSSR count). The summed E-state index contributed by atoms with van der Waals surface area (Å²) in [6.45, 7) is 6.09. The molecule has 0 aromatic carbocycles. The fraction of sp³-hybridized carbons (Fsp3) is 0.400. The molecule has 0 saturated carbocycles. The minimum Gasteiger partial charge on any atom is -0.382 e. The van der Waals surface area contributed by atoms with E-state index in [-0.39, 0.29) is 0 Å². The molecule has 172 valence electrons. The number of nitrogens with zero attached hydrogens (tertiary/aromatic N) is 4. The predicted octanol–water partition coefficient (Wildman–Crippen LogP) is 3.73. The molecular weight excluding hydrogens is 432 g/mol. The van der Waals surface area contributed by atoms with Crippen molar-refractivity contribution in [2.45, 2.75) is 44.8 Å². The van der Waals surface area contributed by atoms with Crippen LogP contribution in [0.1, 0.15) is 48.9 Å². The molecule has 0 atom stereocenters. The minimum absolute atomic E-state index is 0.454. The number of piperidine rings is 1. The summed E-state index contributed by atoms with van der Waals surface area (Å²) in [6.07, 6.45) is 7.79. The third-order valence-electron chi connectivity index (χ3n) is 5.60. The van der Waals surface area contributed by atoms with Crippen LogP contribution in [0.25, 0.3) is 10.4 Å². The van der Waals surface area contributed by atoms with Gasteiger partial charge in [-0.2, -0.15) is 0 Å². The van der Waals surface area contributed by atoms with Crippen LogP contribution in [0.15, 0.2) is 36.8 Å². The number of hydrogen-bond donors (Lipinski definition) is 3. The van der Waals surface area contributed by atoms with E-state index in [1.54, 1.807) is 31.4 Å². The van der Waals surface area contributed by atoms with Crippen LogP contribution in [0.3, 0.4) is 0 Å². The maximum Gasteiger partial charge on any atom is 0.146 e. The summed E-state index contributed by atoms with van der Waals surface area (Å²) in [5.41, 5.74) is 8.50. The van der Waals surface area contributed by atoms with Crippen molar-refractivity contribution in [3.8, 4) is 22.3 Å². The molecule has 4 heterocycles. The van der Waals surface area contributed by atoms with E-state index in [9.17, 15) is 5.11 Å². The molecular formula is C25H30N6OS. The van der Waals surface area contributed by atoms with E-state index >= 15 is 0 Å². The van der Waals surface area contributed by atoms with Crippen LogP contribution in [0.2, 0.25) is 0 Å². The number of thiazole rings is 1. The SMILES string of the molecule is CN1CCC(c2ncc(-c3cnc(N)c(NCc4ccnc(C#CC(C)(C)O)c4)c3)s2)CC1. The number of rotatable bonds is 5. The molecule has 1 saturated heterocycles. The van der Waals surface area contributed by atoms with Crippen LogP contribution < -0.4 is 11.1 Å². The Hall–Kier alpha value is -2.99. The van der Waals surface area contributed by atoms with Crippen molar-refractivity contribution < 1.29 is 5.11 Å². The Morgan fingerprint density at radius 1 is 1.21 bits per heavy atom. The van der Waals surface area contributed by atoms with Crippen molar-refractivity contribution in [3.63, 3.8) is 0 Å². The first-order valence-corrected chi connectivity index (χ1v) is 11.9. The predicted molar refractivity (Wildman–Crippen MR) is 134 cm³/mol. The standard InChI is InChI=1S/C25H30N6OS/c1-25(2,32)8-4-20-12-17(5-9-27-20)14-28-21-13-19(15-29-23(21)26)22-16-30-24(33-22)18-6-10-31(3)11-7-18/h5,9,12-13,15-16,18,28,32H,6-7,10-11,14H2,1-3H3,(H2,26,29). The van der Waals surface area contributed by atoms with E-state index in [0.29, 0.717) is 24.0 Å². The van der Waals surface area contributed by atoms with Gasteiger partial charge >= 0.3 is 0 Å². The van der Waals surface area contributed by atoms with Gasteiger partial charge in [-0.1, -0.05) is 5.92 Å². The summed E-state index contributed by atoms with van der Waals surface area (Å²) < 4.78 is 0. The number of nitrogens with two attached hydrogens (primary N) is 1. The topological polar surface area (TPSA) is 100 Å². The zero-order valence-electron chi connectivity index (χ0n) is 19.3. The van der Waals surface area contributed by atoms with Gasteiger partial charge in [0.15, 0.2) is 0 Å². The number of aliphatic hydroxyl groups is 1. The highest BCUT2D eigenvalue weighted by Gasteiger charge is 2.21. The number of aromatic nitrogens is 3. The summed E-state index contributed by atoms with van der Waals surface area (Å²) in [7, 11) is 2.17. The fourth-order valence-corrected chi connectivity index (χ4v) is 4.75. The van der Waals surface area contributed by atoms with Gasteiger partial charge in [0.05, 0.1) is 15.6 Å². The lowest BCUT2D eigenvalue weighted by atomic mass is 9.98. The second kappa shape index (κ2) is 9.87. The Bertz CT molecular complexity index is 1170. The highest BCUT2D eigenvalue weighted by atomic mass is 32.1. The molecule has 1 aliphatic heterocycles. The molecule has 7 nitrogen and oxygen atoms in total. The van der Waals surface area contributed by atoms with Gasteiger partial charge < -0.3 is 21.1 Å². The highest BCUT2D eigenvalue weighted by molar-refractivity contribution is 7.15. The second-order valence-electron chi connectivity index (χ2n) is 9.01. The van der Waals surface area contributed by atoms with Crippen molar-refractivity contribution >= 4 is 22.8 Å². The van der Waals surface area contributed by atoms with Crippen molar-refractivity contribution in [2.24, 2.45) is 0 Å². The van der Waals surface area contributed by atoms with E-state index < -0.39 is 5.60 Å². The maximum absolute atomic E-state index is 9.80. The van der Waals surface area contributed by atoms with Crippen LogP contribution in [-0.4, -0.2) is 50.7 Å². The monoisotopic (exact) mass is 462 g/mol. The van der Waals surface area contributed by atoms with Crippen molar-refractivity contribution in [2.75, 3.05) is 31.2 Å². The zero-order chi connectivity index (χ0) is 23.4. The lowest BCUT2D eigenvalue weighted by Crippen LogP contribution is -2.29. The van der Waals surface area contributed by atoms with E-state index in [4.69, 9.17) is 10.7 Å². The number of anilines is 2. The number of nitrogens with one attached hydrogen (secondary N) is 1. The molecule has 33 heavy (non-hydrogen) atoms. The van der Waals surface area contributed by atoms with Crippen LogP contribution in [0.4, 0.5) is 11.5 Å². The molecule has 0 radical (unpaired) electrons. The van der Waals surface area contributed by atoms with E-state index in [2.05, 4.69) is 39.1 Å². The lowest BCUT2D eigenvalue weighted by molar-refractivity contribution is 0.143. The van der Waals surface area contributed by atoms with Gasteiger partial charge in [-0.15, -0.1) is 11.3 Å². The molecule has 1 aliphatic rings. The Balaban J connectivity index is 1.46. The van der Waals surface area contributed by atoms with E-state index in [1.807, 2.05) is 30.6 Å². The Kier molecular flexibility index (Phi) is 6.94. The van der Waals surface area contributed by atoms with Gasteiger partial charge in [0.1, 0.15) is 17.1 Å². The third-order valence-corrected chi connectivity index (χ3v) is 6.81. The molecule has 0 spiro atoms. The first-order valence-electron chi connectivity index (χ1n) is 11.1. The first-order chi connectivity index (χ1) is 15.8. The van der Waals surface area contributed by atoms with Crippen molar-refractivity contribution in [1.82, 2.24) is 19.9 Å². The quantitative estimate of drug-likeness (QED) is 0.497. The number of pyridine rings is 2. The molecule has 4 N–H and O–H groups in total. The summed E-state index contributed by atoms with van der Waals surface area (Å²) in [5, 5.41) is 14.4. The van der Waals surface area contributed by atoms with Crippen molar-refractivity contribution in [1.29, 1.82) is 0 Å². The highest BCUT2D eigenvalue weighted by Crippen LogP contribution is 2.35. The van der Waals surface area contributed by atoms with Gasteiger partial charge in [0.25, 0.3) is 0 Å². The fourth-order valence-electron chi connectivity index (χ4n) is 3.68. The number of hydrogen-bond acceptors (Lipinski definition) is 8. The summed E-state index contributed by atoms with van der Waals surface area (Å²) >= 11 is 1.75. The van der Waals surface area contributed by atoms with Gasteiger partial charge in [0, 0.05) is 36.6 Å². The van der Waals surface area contributed by atoms with Gasteiger partial charge in [-0.25, -0.2) is 15.0 Å². The van der Waals surface area contributed by atoms with Gasteiger partial charge in [-0.3, -0.25) is 0 Å². The van der Waals surface area contributed by atoms with Crippen LogP contribution in [0, 0.1) is 11.8 Å². The molecule has 0 unspecified atom stereocenters. The first kappa shape index (κ1) is 23.2. The minimum atomic E-state index is -1.06. The zero-order valence-corrected chi connectivity index (χ0v) is 20.1. The van der Waals surface area contributed by atoms with Crippen LogP contribution in [-0.2, 0) is 6.54 Å². The van der Waals surface area contributed by atoms with E-state index in [1.165, 1.54) is 5.01 Å². The summed E-state index contributed by atoms with van der Waals surface area (Å²) in [6, 6.07) is 5.85. The van der Waals surface area contributed by atoms with Gasteiger partial charge in [0.2, 0.25) is 0 Å². The Labute approximate surface area is 199 Å². The van der Waals surface area contributed by atoms with E-state index in [0.717, 1.165) is 47.6 Å². The van der Waals surface area contributed by atoms with Crippen LogP contribution in [0.5, 0.6) is 0 Å². The average molecular weight is 463 g/mol. The van der Waals surface area contributed by atoms with Gasteiger partial charge in [-0.05, 0) is 76.5 Å². The van der Waals surface area contributed by atoms with Crippen molar-refractivity contribution in [3.05, 3.63) is 53.1 Å². The second-order valence-corrected chi connectivity index (χ2v) is 10.1. The maximum atomic E-state index is 9.80. The number of likely N-dealkylation sites (tertiary alicyclic amines) is 1. The smallest absolute Gasteiger partial charge is 0.146 e. The molecule has 0 bridgehead atoms. The molecule has 1 fully saturated rings. The normalized spacial score (nSPS) is 15.2.